The Morgan fingerprint density at radius 2 is 1.50 bits per heavy atom. The summed E-state index contributed by atoms with van der Waals surface area (Å²) in [6, 6.07) is 15.6. The van der Waals surface area contributed by atoms with E-state index >= 15 is 0 Å². The van der Waals surface area contributed by atoms with E-state index in [0.29, 0.717) is 16.7 Å². The van der Waals surface area contributed by atoms with E-state index in [4.69, 9.17) is 5.11 Å². The van der Waals surface area contributed by atoms with E-state index in [1.54, 1.807) is 36.4 Å². The minimum absolute atomic E-state index is 0.0550. The molecule has 0 saturated carbocycles. The van der Waals surface area contributed by atoms with Crippen molar-refractivity contribution >= 4 is 5.78 Å². The van der Waals surface area contributed by atoms with Crippen LogP contribution in [0.3, 0.4) is 0 Å². The van der Waals surface area contributed by atoms with Crippen molar-refractivity contribution in [1.29, 1.82) is 0 Å². The van der Waals surface area contributed by atoms with Crippen LogP contribution in [0.1, 0.15) is 27.6 Å². The van der Waals surface area contributed by atoms with Crippen molar-refractivity contribution in [3.05, 3.63) is 71.3 Å². The highest BCUT2D eigenvalue weighted by atomic mass is 16.3. The van der Waals surface area contributed by atoms with Gasteiger partial charge in [-0.05, 0) is 5.56 Å². The van der Waals surface area contributed by atoms with Gasteiger partial charge in [0.15, 0.2) is 5.78 Å². The maximum absolute atomic E-state index is 12.1. The molecule has 1 atom stereocenters. The summed E-state index contributed by atoms with van der Waals surface area (Å²) in [5.74, 6) is -0.0550. The fourth-order valence-electron chi connectivity index (χ4n) is 1.72. The zero-order valence-electron chi connectivity index (χ0n) is 9.78. The van der Waals surface area contributed by atoms with Crippen molar-refractivity contribution in [3.8, 4) is 0 Å². The van der Waals surface area contributed by atoms with Gasteiger partial charge in [-0.3, -0.25) is 4.79 Å². The Morgan fingerprint density at radius 1 is 0.944 bits per heavy atom. The number of carbonyl (C=O) groups excluding carboxylic acids is 1. The van der Waals surface area contributed by atoms with Gasteiger partial charge in [-0.1, -0.05) is 54.6 Å². The highest BCUT2D eigenvalue weighted by Gasteiger charge is 2.10. The predicted molar refractivity (Wildman–Crippen MR) is 68.4 cm³/mol. The number of carbonyl (C=O) groups is 1. The van der Waals surface area contributed by atoms with Gasteiger partial charge in [-0.2, -0.15) is 0 Å². The Hall–Kier alpha value is -1.97. The van der Waals surface area contributed by atoms with Gasteiger partial charge in [0.2, 0.25) is 0 Å². The molecule has 3 nitrogen and oxygen atoms in total. The summed E-state index contributed by atoms with van der Waals surface area (Å²) >= 11 is 0. The van der Waals surface area contributed by atoms with Crippen LogP contribution < -0.4 is 0 Å². The summed E-state index contributed by atoms with van der Waals surface area (Å²) in [4.78, 5) is 12.1. The standard InChI is InChI=1S/C15H14O3/c16-10-14(17)11-6-8-13(9-7-11)15(18)12-4-2-1-3-5-12/h1-9,14,16-17H,10H2. The zero-order valence-corrected chi connectivity index (χ0v) is 9.78. The molecule has 2 aromatic carbocycles. The molecule has 0 aliphatic carbocycles. The average molecular weight is 242 g/mol. The maximum atomic E-state index is 12.1. The van der Waals surface area contributed by atoms with Gasteiger partial charge in [-0.25, -0.2) is 0 Å². The van der Waals surface area contributed by atoms with Crippen LogP contribution in [-0.2, 0) is 0 Å². The molecule has 3 heteroatoms. The lowest BCUT2D eigenvalue weighted by Crippen LogP contribution is -2.04. The fourth-order valence-corrected chi connectivity index (χ4v) is 1.72. The van der Waals surface area contributed by atoms with Crippen molar-refractivity contribution in [2.75, 3.05) is 6.61 Å². The van der Waals surface area contributed by atoms with Crippen LogP contribution in [-0.4, -0.2) is 22.6 Å². The number of hydrogen-bond donors (Lipinski definition) is 2. The lowest BCUT2D eigenvalue weighted by molar-refractivity contribution is 0.0955. The van der Waals surface area contributed by atoms with Gasteiger partial charge in [0, 0.05) is 11.1 Å². The van der Waals surface area contributed by atoms with E-state index < -0.39 is 6.10 Å². The van der Waals surface area contributed by atoms with Crippen molar-refractivity contribution in [1.82, 2.24) is 0 Å². The fraction of sp³-hybridized carbons (Fsp3) is 0.133. The molecule has 0 amide bonds. The molecule has 0 aliphatic rings. The Bertz CT molecular complexity index is 517. The lowest BCUT2D eigenvalue weighted by atomic mass is 10.0. The van der Waals surface area contributed by atoms with Crippen LogP contribution in [0.25, 0.3) is 0 Å². The first-order valence-electron chi connectivity index (χ1n) is 5.71. The number of ketones is 1. The molecule has 0 spiro atoms. The van der Waals surface area contributed by atoms with Gasteiger partial charge in [-0.15, -0.1) is 0 Å². The summed E-state index contributed by atoms with van der Waals surface area (Å²) in [5.41, 5.74) is 1.80. The quantitative estimate of drug-likeness (QED) is 0.806. The second-order valence-electron chi connectivity index (χ2n) is 4.02. The van der Waals surface area contributed by atoms with Crippen LogP contribution in [0.15, 0.2) is 54.6 Å². The number of aliphatic hydroxyl groups is 2. The Labute approximate surface area is 105 Å². The monoisotopic (exact) mass is 242 g/mol. The smallest absolute Gasteiger partial charge is 0.193 e. The van der Waals surface area contributed by atoms with Gasteiger partial charge in [0.25, 0.3) is 0 Å². The number of hydrogen-bond acceptors (Lipinski definition) is 3. The third kappa shape index (κ3) is 2.64. The molecule has 0 saturated heterocycles. The molecule has 18 heavy (non-hydrogen) atoms. The van der Waals surface area contributed by atoms with Crippen LogP contribution in [0.4, 0.5) is 0 Å². The first kappa shape index (κ1) is 12.5. The topological polar surface area (TPSA) is 57.5 Å². The predicted octanol–water partition coefficient (Wildman–Crippen LogP) is 1.94. The van der Waals surface area contributed by atoms with E-state index in [9.17, 15) is 9.90 Å². The minimum atomic E-state index is -0.897. The summed E-state index contributed by atoms with van der Waals surface area (Å²) in [7, 11) is 0. The van der Waals surface area contributed by atoms with Crippen LogP contribution in [0, 0.1) is 0 Å². The molecule has 0 fully saturated rings. The summed E-state index contributed by atoms with van der Waals surface area (Å²) in [6.45, 7) is -0.327. The van der Waals surface area contributed by atoms with Crippen molar-refractivity contribution in [2.24, 2.45) is 0 Å². The molecule has 0 aromatic heterocycles. The summed E-state index contributed by atoms with van der Waals surface area (Å²) in [5, 5.41) is 18.3. The lowest BCUT2D eigenvalue weighted by Gasteiger charge is -2.08. The van der Waals surface area contributed by atoms with Gasteiger partial charge in [0.1, 0.15) is 6.10 Å². The molecular weight excluding hydrogens is 228 g/mol. The number of benzene rings is 2. The van der Waals surface area contributed by atoms with E-state index in [2.05, 4.69) is 0 Å². The van der Waals surface area contributed by atoms with Crippen molar-refractivity contribution < 1.29 is 15.0 Å². The minimum Gasteiger partial charge on any atom is -0.393 e. The molecule has 0 bridgehead atoms. The normalized spacial score (nSPS) is 12.1. The van der Waals surface area contributed by atoms with E-state index in [0.717, 1.165) is 0 Å². The third-order valence-electron chi connectivity index (χ3n) is 2.77. The molecule has 2 rings (SSSR count). The molecular formula is C15H14O3. The molecule has 0 aliphatic heterocycles. The Kier molecular flexibility index (Phi) is 3.87. The molecule has 0 heterocycles. The number of aliphatic hydroxyl groups excluding tert-OH is 2. The molecule has 1 unspecified atom stereocenters. The van der Waals surface area contributed by atoms with Gasteiger partial charge in [0.05, 0.1) is 6.61 Å². The third-order valence-corrected chi connectivity index (χ3v) is 2.77. The van der Waals surface area contributed by atoms with Crippen LogP contribution in [0.2, 0.25) is 0 Å². The Balaban J connectivity index is 2.22. The first-order chi connectivity index (χ1) is 8.72. The largest absolute Gasteiger partial charge is 0.393 e. The summed E-state index contributed by atoms with van der Waals surface area (Å²) < 4.78 is 0. The summed E-state index contributed by atoms with van der Waals surface area (Å²) in [6.07, 6.45) is -0.897. The highest BCUT2D eigenvalue weighted by Crippen LogP contribution is 2.15. The van der Waals surface area contributed by atoms with E-state index in [-0.39, 0.29) is 12.4 Å². The van der Waals surface area contributed by atoms with E-state index in [1.165, 1.54) is 0 Å². The number of rotatable bonds is 4. The first-order valence-corrected chi connectivity index (χ1v) is 5.71. The van der Waals surface area contributed by atoms with Crippen LogP contribution in [0.5, 0.6) is 0 Å². The SMILES string of the molecule is O=C(c1ccccc1)c1ccc(C(O)CO)cc1. The molecule has 92 valence electrons. The Morgan fingerprint density at radius 3 is 2.06 bits per heavy atom. The second kappa shape index (κ2) is 5.58. The van der Waals surface area contributed by atoms with Crippen LogP contribution >= 0.6 is 0 Å². The highest BCUT2D eigenvalue weighted by molar-refractivity contribution is 6.08. The van der Waals surface area contributed by atoms with Crippen molar-refractivity contribution in [2.45, 2.75) is 6.10 Å². The molecule has 0 radical (unpaired) electrons. The van der Waals surface area contributed by atoms with Crippen molar-refractivity contribution in [3.63, 3.8) is 0 Å². The maximum Gasteiger partial charge on any atom is 0.193 e. The molecule has 2 N–H and O–H groups in total. The zero-order chi connectivity index (χ0) is 13.0. The average Bonchev–Trinajstić information content (AvgIpc) is 2.47. The molecule has 2 aromatic rings. The van der Waals surface area contributed by atoms with Gasteiger partial charge >= 0.3 is 0 Å². The van der Waals surface area contributed by atoms with Gasteiger partial charge < -0.3 is 10.2 Å². The second-order valence-corrected chi connectivity index (χ2v) is 4.02. The van der Waals surface area contributed by atoms with E-state index in [1.807, 2.05) is 18.2 Å².